The average molecular weight is 559 g/mol. The maximum atomic E-state index is 12.0. The Bertz CT molecular complexity index is 776. The van der Waals surface area contributed by atoms with Gasteiger partial charge >= 0.3 is 0 Å². The number of hydrogen-bond acceptors (Lipinski definition) is 2. The maximum absolute atomic E-state index is 12.0. The van der Waals surface area contributed by atoms with Crippen molar-refractivity contribution in [3.05, 3.63) is 69.7 Å². The third kappa shape index (κ3) is 7.43. The van der Waals surface area contributed by atoms with Gasteiger partial charge in [-0.2, -0.15) is 0 Å². The zero-order chi connectivity index (χ0) is 19.8. The third-order valence-electron chi connectivity index (χ3n) is 4.05. The minimum Gasteiger partial charge on any atom is -0.357 e. The summed E-state index contributed by atoms with van der Waals surface area (Å²) in [6.45, 7) is 4.20. The fraction of sp³-hybridized carbons (Fsp3) is 0.333. The Morgan fingerprint density at radius 3 is 2.11 bits per heavy atom. The highest BCUT2D eigenvalue weighted by Crippen LogP contribution is 2.12. The van der Waals surface area contributed by atoms with Crippen LogP contribution in [0.5, 0.6) is 0 Å². The van der Waals surface area contributed by atoms with Crippen molar-refractivity contribution in [3.8, 4) is 0 Å². The molecule has 5 nitrogen and oxygen atoms in total. The molecule has 0 radical (unpaired) electrons. The second-order valence-corrected chi connectivity index (χ2v) is 7.46. The molecule has 2 rings (SSSR count). The molecule has 0 saturated carbocycles. The summed E-state index contributed by atoms with van der Waals surface area (Å²) in [5, 5.41) is 3.33. The number of nitrogens with one attached hydrogen (secondary N) is 1. The average Bonchev–Trinajstić information content (AvgIpc) is 2.66. The number of amides is 1. The van der Waals surface area contributed by atoms with Gasteiger partial charge in [0.2, 0.25) is 0 Å². The second-order valence-electron chi connectivity index (χ2n) is 6.55. The van der Waals surface area contributed by atoms with Crippen LogP contribution in [0.2, 0.25) is 0 Å². The lowest BCUT2D eigenvalue weighted by atomic mass is 10.1. The van der Waals surface area contributed by atoms with Crippen LogP contribution in [0.15, 0.2) is 58.0 Å². The van der Waals surface area contributed by atoms with E-state index in [4.69, 9.17) is 4.99 Å². The van der Waals surface area contributed by atoms with E-state index in [9.17, 15) is 4.79 Å². The molecule has 0 heterocycles. The molecule has 0 spiro atoms. The predicted molar refractivity (Wildman–Crippen MR) is 130 cm³/mol. The fourth-order valence-corrected chi connectivity index (χ4v) is 2.85. The Balaban J connectivity index is 0.00000392. The van der Waals surface area contributed by atoms with Gasteiger partial charge in [0.1, 0.15) is 0 Å². The van der Waals surface area contributed by atoms with E-state index in [1.807, 2.05) is 43.4 Å². The van der Waals surface area contributed by atoms with Crippen molar-refractivity contribution in [2.75, 3.05) is 27.7 Å². The Kier molecular flexibility index (Phi) is 10.5. The Hall–Kier alpha value is -1.61. The van der Waals surface area contributed by atoms with E-state index in [1.165, 1.54) is 5.56 Å². The first-order valence-electron chi connectivity index (χ1n) is 8.95. The highest BCUT2D eigenvalue weighted by Gasteiger charge is 2.09. The summed E-state index contributed by atoms with van der Waals surface area (Å²) in [7, 11) is 5.54. The summed E-state index contributed by atoms with van der Waals surface area (Å²) in [5.74, 6) is 0.862. The first-order valence-corrected chi connectivity index (χ1v) is 9.74. The minimum atomic E-state index is 0. The van der Waals surface area contributed by atoms with Crippen LogP contribution < -0.4 is 5.32 Å². The SMILES string of the molecule is CCNC(=NCc1ccc(C(=O)N(C)C)cc1)N(C)Cc1ccc(Br)cc1.I. The lowest BCUT2D eigenvalue weighted by Gasteiger charge is -2.22. The number of guanidine groups is 1. The summed E-state index contributed by atoms with van der Waals surface area (Å²) < 4.78 is 1.07. The maximum Gasteiger partial charge on any atom is 0.253 e. The minimum absolute atomic E-state index is 0. The Morgan fingerprint density at radius 2 is 1.57 bits per heavy atom. The van der Waals surface area contributed by atoms with Crippen LogP contribution in [0.4, 0.5) is 0 Å². The van der Waals surface area contributed by atoms with Crippen LogP contribution in [0.1, 0.15) is 28.4 Å². The van der Waals surface area contributed by atoms with Gasteiger partial charge in [0, 0.05) is 44.3 Å². The highest BCUT2D eigenvalue weighted by molar-refractivity contribution is 14.0. The van der Waals surface area contributed by atoms with Crippen LogP contribution in [0.3, 0.4) is 0 Å². The molecule has 2 aromatic carbocycles. The van der Waals surface area contributed by atoms with E-state index in [0.717, 1.165) is 29.1 Å². The van der Waals surface area contributed by atoms with Gasteiger partial charge in [0.15, 0.2) is 5.96 Å². The first-order chi connectivity index (χ1) is 12.9. The molecule has 1 N–H and O–H groups in total. The molecule has 0 aliphatic carbocycles. The predicted octanol–water partition coefficient (Wildman–Crippen LogP) is 4.37. The van der Waals surface area contributed by atoms with Crippen LogP contribution in [-0.4, -0.2) is 49.4 Å². The normalized spacial score (nSPS) is 10.8. The van der Waals surface area contributed by atoms with Gasteiger partial charge in [-0.3, -0.25) is 4.79 Å². The number of nitrogens with zero attached hydrogens (tertiary/aromatic N) is 3. The summed E-state index contributed by atoms with van der Waals surface area (Å²) in [6, 6.07) is 15.9. The van der Waals surface area contributed by atoms with Crippen LogP contribution in [0.25, 0.3) is 0 Å². The van der Waals surface area contributed by atoms with E-state index >= 15 is 0 Å². The molecule has 7 heteroatoms. The van der Waals surface area contributed by atoms with E-state index in [2.05, 4.69) is 45.2 Å². The van der Waals surface area contributed by atoms with Gasteiger partial charge in [0.25, 0.3) is 5.91 Å². The van der Waals surface area contributed by atoms with E-state index in [0.29, 0.717) is 12.1 Å². The molecular weight excluding hydrogens is 531 g/mol. The molecule has 0 fully saturated rings. The Labute approximate surface area is 193 Å². The number of carbonyl (C=O) groups excluding carboxylic acids is 1. The van der Waals surface area contributed by atoms with Crippen LogP contribution in [0, 0.1) is 0 Å². The van der Waals surface area contributed by atoms with Crippen molar-refractivity contribution in [2.45, 2.75) is 20.0 Å². The summed E-state index contributed by atoms with van der Waals surface area (Å²) in [5.41, 5.74) is 2.97. The van der Waals surface area contributed by atoms with Crippen molar-refractivity contribution in [3.63, 3.8) is 0 Å². The van der Waals surface area contributed by atoms with Crippen molar-refractivity contribution in [1.29, 1.82) is 0 Å². The summed E-state index contributed by atoms with van der Waals surface area (Å²) in [4.78, 5) is 20.4. The third-order valence-corrected chi connectivity index (χ3v) is 4.58. The standard InChI is InChI=1S/C21H27BrN4O.HI/c1-5-23-21(26(4)15-17-8-12-19(22)13-9-17)24-14-16-6-10-18(11-7-16)20(27)25(2)3;/h6-13H,5,14-15H2,1-4H3,(H,23,24);1H. The van der Waals surface area contributed by atoms with E-state index in [-0.39, 0.29) is 29.9 Å². The molecule has 2 aromatic rings. The van der Waals surface area contributed by atoms with Gasteiger partial charge in [-0.1, -0.05) is 40.2 Å². The van der Waals surface area contributed by atoms with Crippen LogP contribution >= 0.6 is 39.9 Å². The topological polar surface area (TPSA) is 47.9 Å². The fourth-order valence-electron chi connectivity index (χ4n) is 2.59. The van der Waals surface area contributed by atoms with Crippen molar-refractivity contribution in [2.24, 2.45) is 4.99 Å². The number of benzene rings is 2. The second kappa shape index (κ2) is 12.1. The van der Waals surface area contributed by atoms with E-state index in [1.54, 1.807) is 19.0 Å². The number of halogens is 2. The van der Waals surface area contributed by atoms with Gasteiger partial charge in [-0.15, -0.1) is 24.0 Å². The molecule has 0 atom stereocenters. The largest absolute Gasteiger partial charge is 0.357 e. The number of hydrogen-bond donors (Lipinski definition) is 1. The highest BCUT2D eigenvalue weighted by atomic mass is 127. The smallest absolute Gasteiger partial charge is 0.253 e. The van der Waals surface area contributed by atoms with Crippen LogP contribution in [-0.2, 0) is 13.1 Å². The molecular formula is C21H28BrIN4O. The molecule has 1 amide bonds. The quantitative estimate of drug-likeness (QED) is 0.325. The lowest BCUT2D eigenvalue weighted by molar-refractivity contribution is 0.0827. The number of aliphatic imine (C=N–C) groups is 1. The van der Waals surface area contributed by atoms with Crippen molar-refractivity contribution < 1.29 is 4.79 Å². The summed E-state index contributed by atoms with van der Waals surface area (Å²) >= 11 is 3.46. The lowest BCUT2D eigenvalue weighted by Crippen LogP contribution is -2.38. The molecule has 0 aromatic heterocycles. The molecule has 0 saturated heterocycles. The van der Waals surface area contributed by atoms with Crippen molar-refractivity contribution in [1.82, 2.24) is 15.1 Å². The molecule has 0 bridgehead atoms. The molecule has 0 unspecified atom stereocenters. The number of rotatable bonds is 6. The van der Waals surface area contributed by atoms with Gasteiger partial charge < -0.3 is 15.1 Å². The van der Waals surface area contributed by atoms with Gasteiger partial charge in [0.05, 0.1) is 6.54 Å². The first kappa shape index (κ1) is 24.4. The van der Waals surface area contributed by atoms with Crippen molar-refractivity contribution >= 4 is 51.8 Å². The van der Waals surface area contributed by atoms with E-state index < -0.39 is 0 Å². The number of carbonyl (C=O) groups is 1. The van der Waals surface area contributed by atoms with Gasteiger partial charge in [-0.25, -0.2) is 4.99 Å². The Morgan fingerprint density at radius 1 is 1.00 bits per heavy atom. The monoisotopic (exact) mass is 558 g/mol. The molecule has 0 aliphatic rings. The van der Waals surface area contributed by atoms with Gasteiger partial charge in [-0.05, 0) is 42.3 Å². The molecule has 152 valence electrons. The molecule has 0 aliphatic heterocycles. The zero-order valence-corrected chi connectivity index (χ0v) is 20.7. The molecule has 28 heavy (non-hydrogen) atoms. The summed E-state index contributed by atoms with van der Waals surface area (Å²) in [6.07, 6.45) is 0. The zero-order valence-electron chi connectivity index (χ0n) is 16.8.